The Hall–Kier alpha value is -2.07. The van der Waals surface area contributed by atoms with Gasteiger partial charge in [0.25, 0.3) is 0 Å². The van der Waals surface area contributed by atoms with Crippen LogP contribution in [-0.2, 0) is 17.4 Å². The molecule has 1 aromatic heterocycles. The first kappa shape index (κ1) is 16.0. The van der Waals surface area contributed by atoms with Crippen LogP contribution in [0.5, 0.6) is 5.88 Å². The topological polar surface area (TPSA) is 59.4 Å². The van der Waals surface area contributed by atoms with Gasteiger partial charge in [-0.2, -0.15) is 22.5 Å². The highest BCUT2D eigenvalue weighted by Crippen LogP contribution is 2.36. The first-order chi connectivity index (χ1) is 8.90. The maximum absolute atomic E-state index is 13.3. The number of carboxylic acids is 1. The van der Waals surface area contributed by atoms with E-state index in [0.717, 1.165) is 0 Å². The molecule has 1 N–H and O–H groups in total. The largest absolute Gasteiger partial charge is 0.574 e. The Bertz CT molecular complexity index is 523. The fourth-order valence-corrected chi connectivity index (χ4v) is 1.26. The van der Waals surface area contributed by atoms with Gasteiger partial charge >= 0.3 is 18.5 Å². The summed E-state index contributed by atoms with van der Waals surface area (Å²) in [6, 6.07) is -0.213. The standard InChI is InChI=1S/C9H4F7NO3/c10-7-3(1-6(18)19)4(8(11,12)13)2-5(17-7)20-9(14,15)16/h2H,1H2,(H,18,19). The Labute approximate surface area is 105 Å². The van der Waals surface area contributed by atoms with Gasteiger partial charge < -0.3 is 9.84 Å². The fourth-order valence-electron chi connectivity index (χ4n) is 1.26. The van der Waals surface area contributed by atoms with Crippen molar-refractivity contribution in [2.45, 2.75) is 19.0 Å². The number of aromatic nitrogens is 1. The lowest BCUT2D eigenvalue weighted by atomic mass is 10.1. The van der Waals surface area contributed by atoms with E-state index in [4.69, 9.17) is 5.11 Å². The van der Waals surface area contributed by atoms with Crippen molar-refractivity contribution in [3.63, 3.8) is 0 Å². The molecule has 20 heavy (non-hydrogen) atoms. The van der Waals surface area contributed by atoms with E-state index in [2.05, 4.69) is 9.72 Å². The van der Waals surface area contributed by atoms with Crippen LogP contribution >= 0.6 is 0 Å². The van der Waals surface area contributed by atoms with Crippen molar-refractivity contribution in [2.75, 3.05) is 0 Å². The third-order valence-electron chi connectivity index (χ3n) is 1.90. The zero-order valence-electron chi connectivity index (χ0n) is 9.14. The van der Waals surface area contributed by atoms with Gasteiger partial charge in [-0.25, -0.2) is 0 Å². The summed E-state index contributed by atoms with van der Waals surface area (Å²) < 4.78 is 89.6. The van der Waals surface area contributed by atoms with E-state index in [1.807, 2.05) is 0 Å². The summed E-state index contributed by atoms with van der Waals surface area (Å²) >= 11 is 0. The molecule has 0 aliphatic heterocycles. The van der Waals surface area contributed by atoms with E-state index in [1.54, 1.807) is 0 Å². The van der Waals surface area contributed by atoms with E-state index in [9.17, 15) is 35.5 Å². The molecule has 1 heterocycles. The Morgan fingerprint density at radius 3 is 2.20 bits per heavy atom. The predicted molar refractivity (Wildman–Crippen MR) is 47.2 cm³/mol. The van der Waals surface area contributed by atoms with Crippen LogP contribution in [0.1, 0.15) is 11.1 Å². The SMILES string of the molecule is O=C(O)Cc1c(C(F)(F)F)cc(OC(F)(F)F)nc1F. The monoisotopic (exact) mass is 307 g/mol. The number of hydrogen-bond donors (Lipinski definition) is 1. The fraction of sp³-hybridized carbons (Fsp3) is 0.333. The van der Waals surface area contributed by atoms with Gasteiger partial charge in [-0.05, 0) is 0 Å². The Kier molecular flexibility index (Phi) is 4.10. The number of carbonyl (C=O) groups is 1. The summed E-state index contributed by atoms with van der Waals surface area (Å²) in [6.07, 6.45) is -12.0. The first-order valence-electron chi connectivity index (χ1n) is 4.64. The summed E-state index contributed by atoms with van der Waals surface area (Å²) in [5, 5.41) is 8.36. The van der Waals surface area contributed by atoms with Gasteiger partial charge in [0.1, 0.15) is 0 Å². The second-order valence-electron chi connectivity index (χ2n) is 3.39. The van der Waals surface area contributed by atoms with Crippen LogP contribution < -0.4 is 4.74 Å². The van der Waals surface area contributed by atoms with Gasteiger partial charge in [0.15, 0.2) is 0 Å². The number of carboxylic acid groups (broad SMARTS) is 1. The predicted octanol–water partition coefficient (Wildman–Crippen LogP) is 2.77. The minimum absolute atomic E-state index is 0.213. The second-order valence-corrected chi connectivity index (χ2v) is 3.39. The number of alkyl halides is 6. The number of halogens is 7. The number of aliphatic carboxylic acids is 1. The molecule has 4 nitrogen and oxygen atoms in total. The molecule has 1 rings (SSSR count). The summed E-state index contributed by atoms with van der Waals surface area (Å²) in [5.41, 5.74) is -3.27. The summed E-state index contributed by atoms with van der Waals surface area (Å²) in [7, 11) is 0. The Morgan fingerprint density at radius 2 is 1.80 bits per heavy atom. The number of nitrogens with zero attached hydrogens (tertiary/aromatic N) is 1. The zero-order chi connectivity index (χ0) is 15.7. The molecule has 0 aliphatic rings. The Balaban J connectivity index is 3.37. The summed E-state index contributed by atoms with van der Waals surface area (Å²) in [6.45, 7) is 0. The van der Waals surface area contributed by atoms with Crippen LogP contribution in [0, 0.1) is 5.95 Å². The minimum atomic E-state index is -5.36. The lowest BCUT2D eigenvalue weighted by molar-refractivity contribution is -0.276. The Morgan fingerprint density at radius 1 is 1.25 bits per heavy atom. The molecule has 11 heteroatoms. The van der Waals surface area contributed by atoms with Crippen LogP contribution in [0.25, 0.3) is 0 Å². The van der Waals surface area contributed by atoms with E-state index in [0.29, 0.717) is 0 Å². The molecule has 0 unspecified atom stereocenters. The average molecular weight is 307 g/mol. The van der Waals surface area contributed by atoms with E-state index in [1.165, 1.54) is 0 Å². The molecule has 0 fully saturated rings. The van der Waals surface area contributed by atoms with E-state index >= 15 is 0 Å². The van der Waals surface area contributed by atoms with Gasteiger partial charge in [-0.3, -0.25) is 4.79 Å². The van der Waals surface area contributed by atoms with Gasteiger partial charge in [0, 0.05) is 11.6 Å². The van der Waals surface area contributed by atoms with Crippen LogP contribution in [0.15, 0.2) is 6.07 Å². The minimum Gasteiger partial charge on any atom is -0.481 e. The highest BCUT2D eigenvalue weighted by molar-refractivity contribution is 5.70. The van der Waals surface area contributed by atoms with Crippen molar-refractivity contribution in [3.8, 4) is 5.88 Å². The quantitative estimate of drug-likeness (QED) is 0.689. The third-order valence-corrected chi connectivity index (χ3v) is 1.90. The first-order valence-corrected chi connectivity index (χ1v) is 4.64. The van der Waals surface area contributed by atoms with Crippen LogP contribution in [0.2, 0.25) is 0 Å². The van der Waals surface area contributed by atoms with Gasteiger partial charge in [0.05, 0.1) is 12.0 Å². The molecule has 1 aromatic rings. The molecule has 0 saturated carbocycles. The van der Waals surface area contributed by atoms with Gasteiger partial charge in [-0.15, -0.1) is 13.2 Å². The third kappa shape index (κ3) is 4.24. The van der Waals surface area contributed by atoms with Crippen LogP contribution in [0.3, 0.4) is 0 Å². The normalized spacial score (nSPS) is 12.3. The lowest BCUT2D eigenvalue weighted by Gasteiger charge is -2.14. The maximum atomic E-state index is 13.3. The average Bonchev–Trinajstić information content (AvgIpc) is 2.16. The smallest absolute Gasteiger partial charge is 0.481 e. The van der Waals surface area contributed by atoms with Crippen molar-refractivity contribution in [1.82, 2.24) is 4.98 Å². The highest BCUT2D eigenvalue weighted by atomic mass is 19.4. The van der Waals surface area contributed by atoms with Crippen molar-refractivity contribution in [3.05, 3.63) is 23.1 Å². The van der Waals surface area contributed by atoms with Crippen molar-refractivity contribution in [2.24, 2.45) is 0 Å². The molecule has 0 amide bonds. The lowest BCUT2D eigenvalue weighted by Crippen LogP contribution is -2.21. The number of rotatable bonds is 3. The van der Waals surface area contributed by atoms with Gasteiger partial charge in [0.2, 0.25) is 11.8 Å². The summed E-state index contributed by atoms with van der Waals surface area (Å²) in [5.74, 6) is -5.47. The molecule has 0 saturated heterocycles. The molecule has 0 atom stereocenters. The molecular formula is C9H4F7NO3. The molecule has 0 aliphatic carbocycles. The van der Waals surface area contributed by atoms with E-state index in [-0.39, 0.29) is 6.07 Å². The highest BCUT2D eigenvalue weighted by Gasteiger charge is 2.39. The number of ether oxygens (including phenoxy) is 1. The van der Waals surface area contributed by atoms with E-state index < -0.39 is 47.9 Å². The molecule has 0 bridgehead atoms. The molecular weight excluding hydrogens is 303 g/mol. The molecule has 112 valence electrons. The maximum Gasteiger partial charge on any atom is 0.574 e. The van der Waals surface area contributed by atoms with Crippen molar-refractivity contribution < 1.29 is 45.4 Å². The second kappa shape index (κ2) is 5.13. The molecule has 0 spiro atoms. The van der Waals surface area contributed by atoms with Gasteiger partial charge in [-0.1, -0.05) is 0 Å². The summed E-state index contributed by atoms with van der Waals surface area (Å²) in [4.78, 5) is 12.9. The molecule has 0 aromatic carbocycles. The van der Waals surface area contributed by atoms with Crippen molar-refractivity contribution in [1.29, 1.82) is 0 Å². The number of pyridine rings is 1. The number of hydrogen-bond acceptors (Lipinski definition) is 3. The van der Waals surface area contributed by atoms with Crippen LogP contribution in [-0.4, -0.2) is 22.4 Å². The zero-order valence-corrected chi connectivity index (χ0v) is 9.14. The van der Waals surface area contributed by atoms with Crippen LogP contribution in [0.4, 0.5) is 30.7 Å². The van der Waals surface area contributed by atoms with Crippen molar-refractivity contribution >= 4 is 5.97 Å². The molecule has 0 radical (unpaired) electrons.